The molecule has 0 spiro atoms. The Morgan fingerprint density at radius 3 is 2.76 bits per heavy atom. The normalized spacial score (nSPS) is 15.9. The number of aliphatic imine (C=N–C) groups is 1. The predicted octanol–water partition coefficient (Wildman–Crippen LogP) is 4.18. The molecule has 1 aliphatic heterocycles. The molecule has 172 valence electrons. The first kappa shape index (κ1) is 23.0. The molecule has 7 nitrogen and oxygen atoms in total. The van der Waals surface area contributed by atoms with Gasteiger partial charge in [0.2, 0.25) is 0 Å². The number of benzene rings is 1. The molecule has 1 N–H and O–H groups in total. The molecule has 2 amide bonds. The summed E-state index contributed by atoms with van der Waals surface area (Å²) in [7, 11) is 1.71. The van der Waals surface area contributed by atoms with Gasteiger partial charge in [-0.2, -0.15) is 5.26 Å². The number of nitrogens with zero attached hydrogens (tertiary/aromatic N) is 4. The first-order chi connectivity index (χ1) is 16.0. The minimum absolute atomic E-state index is 0.155. The molecular weight excluding hydrogens is 434 g/mol. The van der Waals surface area contributed by atoms with Gasteiger partial charge in [0, 0.05) is 33.2 Å². The van der Waals surface area contributed by atoms with Crippen LogP contribution in [0.3, 0.4) is 0 Å². The Kier molecular flexibility index (Phi) is 7.40. The molecule has 8 heteroatoms. The highest BCUT2D eigenvalue weighted by Crippen LogP contribution is 2.32. The van der Waals surface area contributed by atoms with Crippen molar-refractivity contribution in [3.63, 3.8) is 0 Å². The van der Waals surface area contributed by atoms with Crippen molar-refractivity contribution >= 4 is 35.2 Å². The van der Waals surface area contributed by atoms with Gasteiger partial charge in [0.05, 0.1) is 28.5 Å². The van der Waals surface area contributed by atoms with Gasteiger partial charge in [-0.1, -0.05) is 18.2 Å². The number of carbonyl (C=O) groups is 2. The third kappa shape index (κ3) is 5.99. The van der Waals surface area contributed by atoms with Crippen molar-refractivity contribution in [1.29, 1.82) is 5.26 Å². The third-order valence-electron chi connectivity index (χ3n) is 6.02. The predicted molar refractivity (Wildman–Crippen MR) is 130 cm³/mol. The highest BCUT2D eigenvalue weighted by Gasteiger charge is 2.25. The van der Waals surface area contributed by atoms with Crippen LogP contribution in [-0.2, 0) is 6.54 Å². The molecule has 2 heterocycles. The second kappa shape index (κ2) is 10.6. The van der Waals surface area contributed by atoms with E-state index < -0.39 is 0 Å². The Balaban J connectivity index is 1.55. The summed E-state index contributed by atoms with van der Waals surface area (Å²) in [5.41, 5.74) is 1.85. The largest absolute Gasteiger partial charge is 0.363 e. The Labute approximate surface area is 198 Å². The van der Waals surface area contributed by atoms with Crippen LogP contribution < -0.4 is 5.32 Å². The maximum Gasteiger partial charge on any atom is 0.266 e. The fraction of sp³-hybridized carbons (Fsp3) is 0.440. The highest BCUT2D eigenvalue weighted by atomic mass is 32.1. The van der Waals surface area contributed by atoms with Gasteiger partial charge in [-0.05, 0) is 55.7 Å². The average Bonchev–Trinajstić information content (AvgIpc) is 3.58. The SMILES string of the molecule is CN(Cc1ccccc1C#N)C(=O)c1sc(C(=O)NCC2CC2)cc1N=CN1CCCCC1. The van der Waals surface area contributed by atoms with Gasteiger partial charge in [-0.15, -0.1) is 11.3 Å². The van der Waals surface area contributed by atoms with Crippen molar-refractivity contribution in [3.05, 3.63) is 51.2 Å². The van der Waals surface area contributed by atoms with Crippen LogP contribution in [0.5, 0.6) is 0 Å². The Hall–Kier alpha value is -3.18. The van der Waals surface area contributed by atoms with E-state index in [9.17, 15) is 14.9 Å². The summed E-state index contributed by atoms with van der Waals surface area (Å²) in [5.74, 6) is 0.218. The van der Waals surface area contributed by atoms with Crippen molar-refractivity contribution in [3.8, 4) is 6.07 Å². The number of nitriles is 1. The van der Waals surface area contributed by atoms with E-state index >= 15 is 0 Å². The maximum absolute atomic E-state index is 13.4. The highest BCUT2D eigenvalue weighted by molar-refractivity contribution is 7.16. The number of carbonyl (C=O) groups excluding carboxylic acids is 2. The maximum atomic E-state index is 13.4. The number of piperidine rings is 1. The summed E-state index contributed by atoms with van der Waals surface area (Å²) < 4.78 is 0. The van der Waals surface area contributed by atoms with E-state index in [1.165, 1.54) is 17.8 Å². The summed E-state index contributed by atoms with van der Waals surface area (Å²) in [6, 6.07) is 11.2. The van der Waals surface area contributed by atoms with Crippen molar-refractivity contribution in [2.75, 3.05) is 26.7 Å². The molecule has 2 fully saturated rings. The minimum atomic E-state index is -0.209. The molecule has 1 aromatic heterocycles. The van der Waals surface area contributed by atoms with E-state index in [2.05, 4.69) is 21.3 Å². The van der Waals surface area contributed by atoms with Crippen LogP contribution in [0.1, 0.15) is 62.6 Å². The van der Waals surface area contributed by atoms with E-state index in [-0.39, 0.29) is 11.8 Å². The fourth-order valence-corrected chi connectivity index (χ4v) is 4.85. The molecule has 2 aliphatic rings. The van der Waals surface area contributed by atoms with E-state index in [0.717, 1.165) is 44.3 Å². The summed E-state index contributed by atoms with van der Waals surface area (Å²) in [4.78, 5) is 35.4. The minimum Gasteiger partial charge on any atom is -0.363 e. The van der Waals surface area contributed by atoms with E-state index in [0.29, 0.717) is 40.0 Å². The lowest BCUT2D eigenvalue weighted by atomic mass is 10.1. The number of amides is 2. The molecule has 1 saturated carbocycles. The first-order valence-electron chi connectivity index (χ1n) is 11.5. The monoisotopic (exact) mass is 463 g/mol. The summed E-state index contributed by atoms with van der Waals surface area (Å²) in [6.45, 7) is 2.89. The molecule has 1 aromatic carbocycles. The lowest BCUT2D eigenvalue weighted by molar-refractivity contribution is 0.0790. The molecule has 33 heavy (non-hydrogen) atoms. The topological polar surface area (TPSA) is 88.8 Å². The standard InChI is InChI=1S/C25H29N5O2S/c1-29(16-20-8-4-3-7-19(20)14-26)25(32)23-21(28-17-30-11-5-2-6-12-30)13-22(33-23)24(31)27-15-18-9-10-18/h3-4,7-8,13,17-18H,2,5-6,9-12,15-16H2,1H3,(H,27,31). The number of hydrogen-bond acceptors (Lipinski definition) is 5. The first-order valence-corrected chi connectivity index (χ1v) is 12.3. The van der Waals surface area contributed by atoms with Crippen molar-refractivity contribution in [2.45, 2.75) is 38.6 Å². The fourth-order valence-electron chi connectivity index (χ4n) is 3.83. The molecule has 0 radical (unpaired) electrons. The number of nitrogens with one attached hydrogen (secondary N) is 1. The molecule has 0 unspecified atom stereocenters. The van der Waals surface area contributed by atoms with Gasteiger partial charge >= 0.3 is 0 Å². The van der Waals surface area contributed by atoms with Gasteiger partial charge in [-0.3, -0.25) is 9.59 Å². The second-order valence-electron chi connectivity index (χ2n) is 8.75. The third-order valence-corrected chi connectivity index (χ3v) is 7.13. The number of thiophene rings is 1. The Morgan fingerprint density at radius 1 is 1.27 bits per heavy atom. The zero-order chi connectivity index (χ0) is 23.2. The zero-order valence-electron chi connectivity index (χ0n) is 18.9. The molecular formula is C25H29N5O2S. The summed E-state index contributed by atoms with van der Waals surface area (Å²) in [5, 5.41) is 12.3. The molecule has 1 aliphatic carbocycles. The Bertz CT molecular complexity index is 1080. The average molecular weight is 464 g/mol. The lowest BCUT2D eigenvalue weighted by Crippen LogP contribution is -2.28. The van der Waals surface area contributed by atoms with E-state index in [1.54, 1.807) is 30.4 Å². The van der Waals surface area contributed by atoms with Gasteiger partial charge < -0.3 is 15.1 Å². The van der Waals surface area contributed by atoms with Gasteiger partial charge in [0.15, 0.2) is 0 Å². The molecule has 2 aromatic rings. The number of likely N-dealkylation sites (tertiary alicyclic amines) is 1. The molecule has 0 atom stereocenters. The quantitative estimate of drug-likeness (QED) is 0.470. The number of hydrogen-bond donors (Lipinski definition) is 1. The van der Waals surface area contributed by atoms with Crippen LogP contribution in [0.25, 0.3) is 0 Å². The van der Waals surface area contributed by atoms with Crippen LogP contribution in [0, 0.1) is 17.2 Å². The van der Waals surface area contributed by atoms with Gasteiger partial charge in [0.1, 0.15) is 4.88 Å². The molecule has 0 bridgehead atoms. The number of rotatable bonds is 8. The lowest BCUT2D eigenvalue weighted by Gasteiger charge is -2.23. The van der Waals surface area contributed by atoms with Crippen molar-refractivity contribution in [2.24, 2.45) is 10.9 Å². The van der Waals surface area contributed by atoms with Gasteiger partial charge in [0.25, 0.3) is 11.8 Å². The van der Waals surface area contributed by atoms with Crippen LogP contribution in [0.2, 0.25) is 0 Å². The van der Waals surface area contributed by atoms with Gasteiger partial charge in [-0.25, -0.2) is 4.99 Å². The zero-order valence-corrected chi connectivity index (χ0v) is 19.7. The molecule has 4 rings (SSSR count). The summed E-state index contributed by atoms with van der Waals surface area (Å²) >= 11 is 1.18. The van der Waals surface area contributed by atoms with E-state index in [1.807, 2.05) is 18.2 Å². The van der Waals surface area contributed by atoms with Crippen LogP contribution in [0.15, 0.2) is 35.3 Å². The van der Waals surface area contributed by atoms with Crippen molar-refractivity contribution in [1.82, 2.24) is 15.1 Å². The van der Waals surface area contributed by atoms with Crippen LogP contribution in [-0.4, -0.2) is 54.6 Å². The second-order valence-corrected chi connectivity index (χ2v) is 9.80. The molecule has 1 saturated heterocycles. The van der Waals surface area contributed by atoms with Crippen molar-refractivity contribution < 1.29 is 9.59 Å². The van der Waals surface area contributed by atoms with Crippen LogP contribution in [0.4, 0.5) is 5.69 Å². The Morgan fingerprint density at radius 2 is 2.03 bits per heavy atom. The summed E-state index contributed by atoms with van der Waals surface area (Å²) in [6.07, 6.45) is 7.62. The van der Waals surface area contributed by atoms with Crippen LogP contribution >= 0.6 is 11.3 Å². The smallest absolute Gasteiger partial charge is 0.266 e. The van der Waals surface area contributed by atoms with E-state index in [4.69, 9.17) is 0 Å².